The number of aromatic nitrogens is 1. The van der Waals surface area contributed by atoms with Crippen LogP contribution < -0.4 is 14.9 Å². The molecule has 0 saturated heterocycles. The van der Waals surface area contributed by atoms with Crippen molar-refractivity contribution >= 4 is 41.0 Å². The van der Waals surface area contributed by atoms with Crippen molar-refractivity contribution in [2.45, 2.75) is 26.8 Å². The summed E-state index contributed by atoms with van der Waals surface area (Å²) in [4.78, 5) is 43.1. The normalized spacial score (nSPS) is 15.2. The molecule has 0 amide bonds. The number of carbonyl (C=O) groups excluding carboxylic acids is 1. The maximum absolute atomic E-state index is 13.7. The zero-order valence-corrected chi connectivity index (χ0v) is 22.8. The standard InChI is InChI=1S/C29H23ClN2O6S/c1-4-37-28(36)24-16(3)31-29-32(25(24)17-7-5-15(2)6-8-17)26(33)23(39-29)14-19-10-12-22(38-19)20-13-18(27(34)35)9-11-21(20)30/h5-14,25H,4H2,1-3H3,(H,34,35)/b23-14-/t25-/m0/s1. The topological polar surface area (TPSA) is 111 Å². The molecule has 1 aliphatic heterocycles. The molecule has 8 nitrogen and oxygen atoms in total. The fraction of sp³-hybridized carbons (Fsp3) is 0.172. The van der Waals surface area contributed by atoms with Gasteiger partial charge in [-0.3, -0.25) is 9.36 Å². The van der Waals surface area contributed by atoms with Gasteiger partial charge in [-0.25, -0.2) is 14.6 Å². The Morgan fingerprint density at radius 1 is 1.15 bits per heavy atom. The molecule has 10 heteroatoms. The largest absolute Gasteiger partial charge is 0.478 e. The molecule has 1 aliphatic rings. The molecule has 4 aromatic rings. The molecule has 1 N–H and O–H groups in total. The molecular formula is C29H23ClN2O6S. The number of carboxylic acids is 1. The van der Waals surface area contributed by atoms with Crippen molar-refractivity contribution in [1.29, 1.82) is 0 Å². The number of nitrogens with zero attached hydrogens (tertiary/aromatic N) is 2. The van der Waals surface area contributed by atoms with E-state index in [2.05, 4.69) is 4.99 Å². The minimum atomic E-state index is -1.08. The number of esters is 1. The van der Waals surface area contributed by atoms with Gasteiger partial charge in [-0.15, -0.1) is 0 Å². The van der Waals surface area contributed by atoms with Crippen LogP contribution in [0.4, 0.5) is 0 Å². The number of halogens is 1. The number of aryl methyl sites for hydroxylation is 1. The number of aromatic carboxylic acids is 1. The quantitative estimate of drug-likeness (QED) is 0.340. The molecule has 0 saturated carbocycles. The molecule has 0 fully saturated rings. The van der Waals surface area contributed by atoms with Gasteiger partial charge in [0.15, 0.2) is 4.80 Å². The van der Waals surface area contributed by atoms with Crippen molar-refractivity contribution in [2.75, 3.05) is 6.61 Å². The first kappa shape index (κ1) is 26.4. The lowest BCUT2D eigenvalue weighted by atomic mass is 9.95. The van der Waals surface area contributed by atoms with Crippen LogP contribution in [-0.4, -0.2) is 28.2 Å². The zero-order chi connectivity index (χ0) is 27.8. The summed E-state index contributed by atoms with van der Waals surface area (Å²) in [7, 11) is 0. The fourth-order valence-corrected chi connectivity index (χ4v) is 5.64. The molecule has 0 radical (unpaired) electrons. The van der Waals surface area contributed by atoms with Crippen molar-refractivity contribution < 1.29 is 23.8 Å². The SMILES string of the molecule is CCOC(=O)C1=C(C)N=c2s/c(=C\c3ccc(-c4cc(C(=O)O)ccc4Cl)o3)c(=O)n2[C@H]1c1ccc(C)cc1. The molecule has 0 unspecified atom stereocenters. The first-order valence-electron chi connectivity index (χ1n) is 12.1. The van der Waals surface area contributed by atoms with E-state index in [9.17, 15) is 19.5 Å². The smallest absolute Gasteiger partial charge is 0.338 e. The highest BCUT2D eigenvalue weighted by molar-refractivity contribution is 7.07. The number of hydrogen-bond acceptors (Lipinski definition) is 7. The van der Waals surface area contributed by atoms with E-state index in [4.69, 9.17) is 20.8 Å². The highest BCUT2D eigenvalue weighted by atomic mass is 35.5. The third-order valence-corrected chi connectivity index (χ3v) is 7.60. The molecule has 0 bridgehead atoms. The van der Waals surface area contributed by atoms with E-state index in [0.29, 0.717) is 42.7 Å². The Morgan fingerprint density at radius 3 is 2.59 bits per heavy atom. The summed E-state index contributed by atoms with van der Waals surface area (Å²) in [5.74, 6) is -0.864. The number of thiazole rings is 1. The third kappa shape index (κ3) is 4.98. The average Bonchev–Trinajstić information content (AvgIpc) is 3.48. The molecular weight excluding hydrogens is 540 g/mol. The number of ether oxygens (including phenoxy) is 1. The number of rotatable bonds is 6. The van der Waals surface area contributed by atoms with Crippen LogP contribution in [0.25, 0.3) is 17.4 Å². The van der Waals surface area contributed by atoms with Gasteiger partial charge < -0.3 is 14.3 Å². The molecule has 198 valence electrons. The molecule has 1 atom stereocenters. The van der Waals surface area contributed by atoms with Crippen molar-refractivity contribution in [1.82, 2.24) is 4.57 Å². The van der Waals surface area contributed by atoms with Gasteiger partial charge in [-0.1, -0.05) is 52.8 Å². The minimum Gasteiger partial charge on any atom is -0.478 e. The van der Waals surface area contributed by atoms with Gasteiger partial charge in [0.25, 0.3) is 5.56 Å². The van der Waals surface area contributed by atoms with Gasteiger partial charge in [-0.2, -0.15) is 0 Å². The number of hydrogen-bond donors (Lipinski definition) is 1. The van der Waals surface area contributed by atoms with Crippen LogP contribution in [-0.2, 0) is 9.53 Å². The number of carbonyl (C=O) groups is 2. The lowest BCUT2D eigenvalue weighted by Gasteiger charge is -2.24. The maximum atomic E-state index is 13.7. The summed E-state index contributed by atoms with van der Waals surface area (Å²) in [6.45, 7) is 5.62. The highest BCUT2D eigenvalue weighted by Gasteiger charge is 2.33. The Morgan fingerprint density at radius 2 is 1.90 bits per heavy atom. The summed E-state index contributed by atoms with van der Waals surface area (Å²) >= 11 is 7.47. The highest BCUT2D eigenvalue weighted by Crippen LogP contribution is 2.32. The summed E-state index contributed by atoms with van der Waals surface area (Å²) in [5.41, 5.74) is 2.78. The first-order valence-corrected chi connectivity index (χ1v) is 13.3. The fourth-order valence-electron chi connectivity index (χ4n) is 4.41. The van der Waals surface area contributed by atoms with Gasteiger partial charge in [0.1, 0.15) is 11.5 Å². The molecule has 0 spiro atoms. The summed E-state index contributed by atoms with van der Waals surface area (Å²) < 4.78 is 13.1. The maximum Gasteiger partial charge on any atom is 0.338 e. The molecule has 2 aromatic heterocycles. The lowest BCUT2D eigenvalue weighted by Crippen LogP contribution is -2.39. The van der Waals surface area contributed by atoms with Crippen LogP contribution in [0, 0.1) is 6.92 Å². The molecule has 2 aromatic carbocycles. The van der Waals surface area contributed by atoms with Crippen LogP contribution in [0.3, 0.4) is 0 Å². The Labute approximate surface area is 231 Å². The van der Waals surface area contributed by atoms with Gasteiger partial charge in [-0.05, 0) is 56.7 Å². The van der Waals surface area contributed by atoms with Gasteiger partial charge in [0, 0.05) is 11.6 Å². The second-order valence-electron chi connectivity index (χ2n) is 8.91. The lowest BCUT2D eigenvalue weighted by molar-refractivity contribution is -0.139. The van der Waals surface area contributed by atoms with Crippen molar-refractivity contribution in [3.63, 3.8) is 0 Å². The Kier molecular flexibility index (Phi) is 7.12. The first-order chi connectivity index (χ1) is 18.7. The summed E-state index contributed by atoms with van der Waals surface area (Å²) in [6, 6.07) is 14.6. The number of benzene rings is 2. The van der Waals surface area contributed by atoms with E-state index in [1.54, 1.807) is 32.1 Å². The zero-order valence-electron chi connectivity index (χ0n) is 21.2. The number of fused-ring (bicyclic) bond motifs is 1. The molecule has 0 aliphatic carbocycles. The van der Waals surface area contributed by atoms with Gasteiger partial charge in [0.2, 0.25) is 0 Å². The van der Waals surface area contributed by atoms with E-state index in [1.807, 2.05) is 31.2 Å². The minimum absolute atomic E-state index is 0.0736. The predicted molar refractivity (Wildman–Crippen MR) is 148 cm³/mol. The van der Waals surface area contributed by atoms with E-state index in [0.717, 1.165) is 11.1 Å². The van der Waals surface area contributed by atoms with Gasteiger partial charge in [0.05, 0.1) is 39.0 Å². The molecule has 39 heavy (non-hydrogen) atoms. The van der Waals surface area contributed by atoms with Crippen LogP contribution >= 0.6 is 22.9 Å². The molecule has 5 rings (SSSR count). The van der Waals surface area contributed by atoms with Crippen molar-refractivity contribution in [2.24, 2.45) is 4.99 Å². The van der Waals surface area contributed by atoms with Crippen molar-refractivity contribution in [3.05, 3.63) is 113 Å². The molecule has 3 heterocycles. The van der Waals surface area contributed by atoms with Crippen LogP contribution in [0.15, 0.2) is 80.1 Å². The Hall–Kier alpha value is -4.21. The number of carboxylic acid groups (broad SMARTS) is 1. The second kappa shape index (κ2) is 10.5. The summed E-state index contributed by atoms with van der Waals surface area (Å²) in [5, 5.41) is 9.65. The third-order valence-electron chi connectivity index (χ3n) is 6.29. The van der Waals surface area contributed by atoms with Gasteiger partial charge >= 0.3 is 11.9 Å². The van der Waals surface area contributed by atoms with Crippen LogP contribution in [0.5, 0.6) is 0 Å². The van der Waals surface area contributed by atoms with Crippen LogP contribution in [0.1, 0.15) is 47.1 Å². The summed E-state index contributed by atoms with van der Waals surface area (Å²) in [6.07, 6.45) is 1.60. The Balaban J connectivity index is 1.62. The van der Waals surface area contributed by atoms with Crippen molar-refractivity contribution in [3.8, 4) is 11.3 Å². The van der Waals surface area contributed by atoms with E-state index in [-0.39, 0.29) is 17.7 Å². The average molecular weight is 563 g/mol. The van der Waals surface area contributed by atoms with E-state index >= 15 is 0 Å². The number of furan rings is 1. The predicted octanol–water partition coefficient (Wildman–Crippen LogP) is 4.72. The second-order valence-corrected chi connectivity index (χ2v) is 10.3. The Bertz CT molecular complexity index is 1830. The number of allylic oxidation sites excluding steroid dienone is 1. The van der Waals surface area contributed by atoms with Crippen LogP contribution in [0.2, 0.25) is 5.02 Å². The van der Waals surface area contributed by atoms with E-state index < -0.39 is 18.0 Å². The van der Waals surface area contributed by atoms with E-state index in [1.165, 1.54) is 34.1 Å². The monoisotopic (exact) mass is 562 g/mol.